The smallest absolute Gasteiger partial charge is 0.231 e. The van der Waals surface area contributed by atoms with Crippen molar-refractivity contribution in [3.63, 3.8) is 0 Å². The maximum Gasteiger partial charge on any atom is 0.231 e. The fraction of sp³-hybridized carbons (Fsp3) is 0.300. The molecule has 0 saturated heterocycles. The van der Waals surface area contributed by atoms with E-state index in [2.05, 4.69) is 6.07 Å². The fourth-order valence-corrected chi connectivity index (χ4v) is 1.30. The summed E-state index contributed by atoms with van der Waals surface area (Å²) < 4.78 is 10.4. The summed E-state index contributed by atoms with van der Waals surface area (Å²) in [6.45, 7) is 0.303. The topological polar surface area (TPSA) is 42.2 Å². The van der Waals surface area contributed by atoms with E-state index in [0.29, 0.717) is 13.2 Å². The number of ether oxygens (including phenoxy) is 2. The molecule has 0 spiro atoms. The predicted octanol–water partition coefficient (Wildman–Crippen LogP) is 1.87. The molecule has 13 heavy (non-hydrogen) atoms. The van der Waals surface area contributed by atoms with Crippen molar-refractivity contribution in [3.8, 4) is 17.6 Å². The second-order valence-electron chi connectivity index (χ2n) is 2.85. The van der Waals surface area contributed by atoms with Crippen LogP contribution in [0.5, 0.6) is 11.5 Å². The minimum absolute atomic E-state index is 0.303. The Morgan fingerprint density at radius 2 is 2.15 bits per heavy atom. The van der Waals surface area contributed by atoms with Crippen LogP contribution in [0.4, 0.5) is 0 Å². The second kappa shape index (κ2) is 3.36. The third-order valence-electron chi connectivity index (χ3n) is 1.96. The molecule has 3 heteroatoms. The molecule has 1 aromatic carbocycles. The highest BCUT2D eigenvalue weighted by Crippen LogP contribution is 2.32. The zero-order chi connectivity index (χ0) is 9.10. The van der Waals surface area contributed by atoms with E-state index in [1.54, 1.807) is 0 Å². The van der Waals surface area contributed by atoms with Crippen LogP contribution in [0.2, 0.25) is 0 Å². The van der Waals surface area contributed by atoms with Gasteiger partial charge in [0.2, 0.25) is 6.79 Å². The van der Waals surface area contributed by atoms with Crippen LogP contribution in [0.1, 0.15) is 12.0 Å². The van der Waals surface area contributed by atoms with E-state index in [4.69, 9.17) is 14.7 Å². The van der Waals surface area contributed by atoms with Gasteiger partial charge in [0.15, 0.2) is 11.5 Å². The third kappa shape index (κ3) is 1.57. The van der Waals surface area contributed by atoms with Crippen LogP contribution >= 0.6 is 0 Å². The summed E-state index contributed by atoms with van der Waals surface area (Å²) in [6, 6.07) is 7.89. The van der Waals surface area contributed by atoms with Crippen molar-refractivity contribution in [1.29, 1.82) is 5.26 Å². The first-order valence-corrected chi connectivity index (χ1v) is 4.15. The molecule has 0 atom stereocenters. The Labute approximate surface area is 76.5 Å². The SMILES string of the molecule is N#CCCc1ccc2c(c1)OCO2. The molecule has 0 bridgehead atoms. The maximum atomic E-state index is 8.42. The minimum atomic E-state index is 0.303. The largest absolute Gasteiger partial charge is 0.454 e. The molecule has 0 N–H and O–H groups in total. The van der Waals surface area contributed by atoms with E-state index in [0.717, 1.165) is 23.5 Å². The van der Waals surface area contributed by atoms with Gasteiger partial charge in [-0.2, -0.15) is 5.26 Å². The second-order valence-corrected chi connectivity index (χ2v) is 2.85. The quantitative estimate of drug-likeness (QED) is 0.689. The monoisotopic (exact) mass is 175 g/mol. The molecule has 0 unspecified atom stereocenters. The van der Waals surface area contributed by atoms with E-state index in [1.165, 1.54) is 0 Å². The first-order valence-electron chi connectivity index (χ1n) is 4.15. The van der Waals surface area contributed by atoms with Crippen molar-refractivity contribution in [2.24, 2.45) is 0 Å². The van der Waals surface area contributed by atoms with Crippen molar-refractivity contribution < 1.29 is 9.47 Å². The number of rotatable bonds is 2. The lowest BCUT2D eigenvalue weighted by Crippen LogP contribution is -1.92. The van der Waals surface area contributed by atoms with E-state index in [1.807, 2.05) is 18.2 Å². The summed E-state index contributed by atoms with van der Waals surface area (Å²) in [7, 11) is 0. The number of nitrogens with zero attached hydrogens (tertiary/aromatic N) is 1. The molecule has 1 heterocycles. The van der Waals surface area contributed by atoms with Gasteiger partial charge in [-0.25, -0.2) is 0 Å². The standard InChI is InChI=1S/C10H9NO2/c11-5-1-2-8-3-4-9-10(6-8)13-7-12-9/h3-4,6H,1-2,7H2. The Balaban J connectivity index is 2.17. The Morgan fingerprint density at radius 1 is 1.31 bits per heavy atom. The first-order chi connectivity index (χ1) is 6.40. The van der Waals surface area contributed by atoms with Gasteiger partial charge in [-0.3, -0.25) is 0 Å². The highest BCUT2D eigenvalue weighted by molar-refractivity contribution is 5.44. The molecule has 0 fully saturated rings. The van der Waals surface area contributed by atoms with Crippen molar-refractivity contribution in [3.05, 3.63) is 23.8 Å². The van der Waals surface area contributed by atoms with Gasteiger partial charge in [0.1, 0.15) is 0 Å². The highest BCUT2D eigenvalue weighted by Gasteiger charge is 2.12. The van der Waals surface area contributed by atoms with E-state index < -0.39 is 0 Å². The van der Waals surface area contributed by atoms with Crippen LogP contribution in [0.25, 0.3) is 0 Å². The molecule has 3 nitrogen and oxygen atoms in total. The number of hydrogen-bond acceptors (Lipinski definition) is 3. The molecule has 1 aliphatic rings. The van der Waals surface area contributed by atoms with Crippen LogP contribution in [-0.2, 0) is 6.42 Å². The maximum absolute atomic E-state index is 8.42. The number of benzene rings is 1. The lowest BCUT2D eigenvalue weighted by Gasteiger charge is -1.99. The zero-order valence-corrected chi connectivity index (χ0v) is 7.12. The van der Waals surface area contributed by atoms with E-state index >= 15 is 0 Å². The number of nitriles is 1. The minimum Gasteiger partial charge on any atom is -0.454 e. The molecular formula is C10H9NO2. The average molecular weight is 175 g/mol. The summed E-state index contributed by atoms with van der Waals surface area (Å²) in [5.74, 6) is 1.58. The van der Waals surface area contributed by atoms with Gasteiger partial charge in [0, 0.05) is 6.42 Å². The van der Waals surface area contributed by atoms with Crippen molar-refractivity contribution in [2.75, 3.05) is 6.79 Å². The van der Waals surface area contributed by atoms with Gasteiger partial charge >= 0.3 is 0 Å². The molecule has 1 aromatic rings. The Hall–Kier alpha value is -1.69. The van der Waals surface area contributed by atoms with Crippen LogP contribution in [0.3, 0.4) is 0 Å². The number of aryl methyl sites for hydroxylation is 1. The van der Waals surface area contributed by atoms with Gasteiger partial charge in [-0.1, -0.05) is 6.07 Å². The van der Waals surface area contributed by atoms with Gasteiger partial charge in [0.25, 0.3) is 0 Å². The Kier molecular flexibility index (Phi) is 2.05. The molecular weight excluding hydrogens is 166 g/mol. The van der Waals surface area contributed by atoms with Crippen molar-refractivity contribution in [1.82, 2.24) is 0 Å². The molecule has 0 saturated carbocycles. The lowest BCUT2D eigenvalue weighted by atomic mass is 10.1. The highest BCUT2D eigenvalue weighted by atomic mass is 16.7. The first kappa shape index (κ1) is 7.93. The van der Waals surface area contributed by atoms with E-state index in [-0.39, 0.29) is 0 Å². The van der Waals surface area contributed by atoms with Crippen molar-refractivity contribution in [2.45, 2.75) is 12.8 Å². The molecule has 0 aliphatic carbocycles. The third-order valence-corrected chi connectivity index (χ3v) is 1.96. The zero-order valence-electron chi connectivity index (χ0n) is 7.12. The normalized spacial score (nSPS) is 12.5. The Morgan fingerprint density at radius 3 is 3.00 bits per heavy atom. The molecule has 0 amide bonds. The number of hydrogen-bond donors (Lipinski definition) is 0. The van der Waals surface area contributed by atoms with Gasteiger partial charge in [-0.05, 0) is 24.1 Å². The van der Waals surface area contributed by atoms with Crippen LogP contribution in [-0.4, -0.2) is 6.79 Å². The van der Waals surface area contributed by atoms with Crippen molar-refractivity contribution >= 4 is 0 Å². The fourth-order valence-electron chi connectivity index (χ4n) is 1.30. The molecule has 2 rings (SSSR count). The lowest BCUT2D eigenvalue weighted by molar-refractivity contribution is 0.174. The van der Waals surface area contributed by atoms with Gasteiger partial charge in [0.05, 0.1) is 6.07 Å². The van der Waals surface area contributed by atoms with Gasteiger partial charge in [-0.15, -0.1) is 0 Å². The average Bonchev–Trinajstić information content (AvgIpc) is 2.61. The van der Waals surface area contributed by atoms with Crippen LogP contribution in [0, 0.1) is 11.3 Å². The molecule has 0 aromatic heterocycles. The molecule has 1 aliphatic heterocycles. The predicted molar refractivity (Wildman–Crippen MR) is 46.5 cm³/mol. The molecule has 66 valence electrons. The summed E-state index contributed by atoms with van der Waals surface area (Å²) in [5, 5.41) is 8.42. The summed E-state index contributed by atoms with van der Waals surface area (Å²) in [5.41, 5.74) is 1.12. The van der Waals surface area contributed by atoms with Crippen LogP contribution in [0.15, 0.2) is 18.2 Å². The molecule has 0 radical (unpaired) electrons. The van der Waals surface area contributed by atoms with E-state index in [9.17, 15) is 0 Å². The summed E-state index contributed by atoms with van der Waals surface area (Å²) in [6.07, 6.45) is 1.31. The summed E-state index contributed by atoms with van der Waals surface area (Å²) in [4.78, 5) is 0. The number of fused-ring (bicyclic) bond motifs is 1. The van der Waals surface area contributed by atoms with Crippen LogP contribution < -0.4 is 9.47 Å². The Bertz CT molecular complexity index is 354. The summed E-state index contributed by atoms with van der Waals surface area (Å²) >= 11 is 0. The van der Waals surface area contributed by atoms with Gasteiger partial charge < -0.3 is 9.47 Å².